The van der Waals surface area contributed by atoms with E-state index in [-0.39, 0.29) is 66.8 Å². The van der Waals surface area contributed by atoms with E-state index in [9.17, 15) is 40.3 Å². The standard InChI is InChI=1S/C27H25FN4O5S.C19H17FN4O4S/c1-31(38(3,34)35)25-21-5-4-12-29-24(21)26(37-16-17-6-10-20(36-2)11-7-17)23-22(25)15-32(27(23)33)14-19-9-8-18(28)13-30-19;1-23(29(2,27)28)17-13-4-3-7-21-16(13)18(25)15-14(17)10-24(19(15)26)9-12-6-5-11(20)8-22-12/h4-13H,14-16H2,1-3H3;3-8,25H,9-10H2,1-2H3. The molecule has 0 spiro atoms. The topological polar surface area (TPSA) is 206 Å². The molecule has 0 atom stereocenters. The Labute approximate surface area is 384 Å². The number of sulfonamides is 2. The summed E-state index contributed by atoms with van der Waals surface area (Å²) in [6.45, 7) is 0.527. The summed E-state index contributed by atoms with van der Waals surface area (Å²) < 4.78 is 90.0. The Morgan fingerprint density at radius 2 is 1.15 bits per heavy atom. The number of phenolic OH excluding ortho intramolecular Hbond substituents is 1. The summed E-state index contributed by atoms with van der Waals surface area (Å²) in [6.07, 6.45) is 7.34. The quantitative estimate of drug-likeness (QED) is 0.151. The lowest BCUT2D eigenvalue weighted by Gasteiger charge is -2.23. The molecule has 6 heterocycles. The van der Waals surface area contributed by atoms with Gasteiger partial charge in [0, 0.05) is 61.5 Å². The van der Waals surface area contributed by atoms with E-state index in [1.165, 1.54) is 54.4 Å². The summed E-state index contributed by atoms with van der Waals surface area (Å²) in [5.41, 5.74) is 4.16. The maximum atomic E-state index is 13.8. The van der Waals surface area contributed by atoms with E-state index in [1.807, 2.05) is 24.3 Å². The molecule has 0 aliphatic carbocycles. The van der Waals surface area contributed by atoms with Crippen molar-refractivity contribution in [3.05, 3.63) is 148 Å². The normalized spacial score (nSPS) is 13.4. The van der Waals surface area contributed by atoms with Gasteiger partial charge < -0.3 is 24.4 Å². The number of rotatable bonds is 12. The summed E-state index contributed by atoms with van der Waals surface area (Å²) in [6, 6.07) is 19.6. The van der Waals surface area contributed by atoms with Crippen LogP contribution in [0.25, 0.3) is 21.8 Å². The Bertz CT molecular complexity index is 3310. The van der Waals surface area contributed by atoms with Crippen molar-refractivity contribution in [2.45, 2.75) is 32.8 Å². The molecule has 21 heteroatoms. The molecule has 2 aliphatic heterocycles. The van der Waals surface area contributed by atoms with E-state index >= 15 is 0 Å². The van der Waals surface area contributed by atoms with Gasteiger partial charge in [-0.1, -0.05) is 12.1 Å². The molecule has 0 bridgehead atoms. The van der Waals surface area contributed by atoms with Crippen LogP contribution in [0.3, 0.4) is 0 Å². The third kappa shape index (κ3) is 9.06. The maximum Gasteiger partial charge on any atom is 0.258 e. The molecule has 0 saturated heterocycles. The zero-order valence-corrected chi connectivity index (χ0v) is 38.3. The molecule has 7 aromatic rings. The zero-order valence-electron chi connectivity index (χ0n) is 36.6. The number of phenols is 1. The second-order valence-electron chi connectivity index (χ2n) is 15.7. The van der Waals surface area contributed by atoms with E-state index in [4.69, 9.17) is 9.47 Å². The number of fused-ring (bicyclic) bond motifs is 4. The van der Waals surface area contributed by atoms with E-state index in [0.29, 0.717) is 55.9 Å². The average molecular weight is 953 g/mol. The number of methoxy groups -OCH3 is 1. The highest BCUT2D eigenvalue weighted by Crippen LogP contribution is 2.46. The van der Waals surface area contributed by atoms with Crippen LogP contribution < -0.4 is 18.1 Å². The van der Waals surface area contributed by atoms with Crippen LogP contribution in [0.15, 0.2) is 97.6 Å². The van der Waals surface area contributed by atoms with Gasteiger partial charge in [0.2, 0.25) is 20.0 Å². The number of hydrogen-bond acceptors (Lipinski definition) is 13. The number of carbonyl (C=O) groups excluding carboxylic acids is 2. The van der Waals surface area contributed by atoms with Crippen LogP contribution in [-0.4, -0.2) is 97.2 Å². The number of aromatic nitrogens is 4. The van der Waals surface area contributed by atoms with Gasteiger partial charge in [-0.05, 0) is 66.2 Å². The van der Waals surface area contributed by atoms with Crippen molar-refractivity contribution >= 4 is 65.0 Å². The Morgan fingerprint density at radius 3 is 1.63 bits per heavy atom. The highest BCUT2D eigenvalue weighted by atomic mass is 32.2. The molecule has 3 aromatic carbocycles. The van der Waals surface area contributed by atoms with Crippen LogP contribution in [0.2, 0.25) is 0 Å². The number of benzene rings is 3. The van der Waals surface area contributed by atoms with E-state index in [1.54, 1.807) is 37.6 Å². The average Bonchev–Trinajstić information content (AvgIpc) is 3.80. The zero-order chi connectivity index (χ0) is 47.9. The van der Waals surface area contributed by atoms with Crippen molar-refractivity contribution in [1.82, 2.24) is 29.7 Å². The fourth-order valence-corrected chi connectivity index (χ4v) is 9.04. The molecule has 2 amide bonds. The van der Waals surface area contributed by atoms with E-state index in [2.05, 4.69) is 19.9 Å². The van der Waals surface area contributed by atoms with Crippen LogP contribution in [-0.2, 0) is 52.8 Å². The molecular formula is C46H42F2N8O9S2. The Morgan fingerprint density at radius 1 is 0.672 bits per heavy atom. The minimum atomic E-state index is -3.67. The number of hydrogen-bond donors (Lipinski definition) is 1. The van der Waals surface area contributed by atoms with Gasteiger partial charge >= 0.3 is 0 Å². The minimum absolute atomic E-state index is 0.0174. The minimum Gasteiger partial charge on any atom is -0.505 e. The van der Waals surface area contributed by atoms with Crippen molar-refractivity contribution in [1.29, 1.82) is 0 Å². The predicted molar refractivity (Wildman–Crippen MR) is 245 cm³/mol. The van der Waals surface area contributed by atoms with Crippen molar-refractivity contribution in [2.75, 3.05) is 42.3 Å². The molecule has 67 heavy (non-hydrogen) atoms. The molecule has 17 nitrogen and oxygen atoms in total. The summed E-state index contributed by atoms with van der Waals surface area (Å²) in [5, 5.41) is 11.7. The van der Waals surface area contributed by atoms with Gasteiger partial charge in [-0.25, -0.2) is 25.6 Å². The number of pyridine rings is 4. The van der Waals surface area contributed by atoms with Gasteiger partial charge in [-0.15, -0.1) is 0 Å². The molecule has 1 N–H and O–H groups in total. The molecule has 9 rings (SSSR count). The highest BCUT2D eigenvalue weighted by molar-refractivity contribution is 7.92. The first kappa shape index (κ1) is 46.0. The number of anilines is 2. The first-order chi connectivity index (χ1) is 31.8. The van der Waals surface area contributed by atoms with Crippen LogP contribution >= 0.6 is 0 Å². The van der Waals surface area contributed by atoms with E-state index < -0.39 is 37.6 Å². The molecule has 0 saturated carbocycles. The van der Waals surface area contributed by atoms with Crippen molar-refractivity contribution in [3.63, 3.8) is 0 Å². The molecule has 2 aliphatic rings. The van der Waals surface area contributed by atoms with Gasteiger partial charge in [-0.3, -0.25) is 38.1 Å². The smallest absolute Gasteiger partial charge is 0.258 e. The van der Waals surface area contributed by atoms with Crippen LogP contribution in [0.4, 0.5) is 20.2 Å². The van der Waals surface area contributed by atoms with Crippen molar-refractivity contribution in [3.8, 4) is 17.2 Å². The number of carbonyl (C=O) groups is 2. The van der Waals surface area contributed by atoms with Gasteiger partial charge in [0.15, 0.2) is 11.5 Å². The fraction of sp³-hybridized carbons (Fsp3) is 0.217. The number of nitrogens with zero attached hydrogens (tertiary/aromatic N) is 8. The number of ether oxygens (including phenoxy) is 2. The fourth-order valence-electron chi connectivity index (χ4n) is 7.96. The monoisotopic (exact) mass is 952 g/mol. The third-order valence-corrected chi connectivity index (χ3v) is 13.7. The summed E-state index contributed by atoms with van der Waals surface area (Å²) in [5.74, 6) is -1.11. The van der Waals surface area contributed by atoms with Crippen LogP contribution in [0.1, 0.15) is 48.8 Å². The lowest BCUT2D eigenvalue weighted by Crippen LogP contribution is -2.26. The molecular weight excluding hydrogens is 911 g/mol. The summed E-state index contributed by atoms with van der Waals surface area (Å²) in [7, 11) is -2.89. The molecule has 0 fully saturated rings. The van der Waals surface area contributed by atoms with Crippen LogP contribution in [0.5, 0.6) is 17.2 Å². The highest BCUT2D eigenvalue weighted by Gasteiger charge is 2.39. The van der Waals surface area contributed by atoms with Gasteiger partial charge in [0.05, 0.1) is 79.0 Å². The second-order valence-corrected chi connectivity index (χ2v) is 19.8. The van der Waals surface area contributed by atoms with Gasteiger partial charge in [0.1, 0.15) is 35.0 Å². The number of halogens is 2. The van der Waals surface area contributed by atoms with Gasteiger partial charge in [-0.2, -0.15) is 0 Å². The Kier molecular flexibility index (Phi) is 12.4. The SMILES string of the molecule is CN(c1c2c(c(O)c3ncccc13)C(=O)N(Cc1ccc(F)cn1)C2)S(C)(=O)=O.COc1ccc(COc2c3c(c(N(C)S(C)(=O)=O)c4cccnc24)CN(Cc2ccc(F)cn2)C3=O)cc1. The molecule has 0 unspecified atom stereocenters. The molecule has 4 aromatic heterocycles. The first-order valence-electron chi connectivity index (χ1n) is 20.3. The Hall–Kier alpha value is -7.52. The largest absolute Gasteiger partial charge is 0.505 e. The van der Waals surface area contributed by atoms with E-state index in [0.717, 1.165) is 39.1 Å². The second kappa shape index (κ2) is 18.0. The summed E-state index contributed by atoms with van der Waals surface area (Å²) >= 11 is 0. The number of aromatic hydroxyl groups is 1. The number of amides is 2. The molecule has 0 radical (unpaired) electrons. The van der Waals surface area contributed by atoms with Gasteiger partial charge in [0.25, 0.3) is 11.8 Å². The Balaban J connectivity index is 0.000000188. The first-order valence-corrected chi connectivity index (χ1v) is 24.0. The van der Waals surface area contributed by atoms with Crippen molar-refractivity contribution < 1.29 is 49.8 Å². The predicted octanol–water partition coefficient (Wildman–Crippen LogP) is 5.93. The van der Waals surface area contributed by atoms with Crippen molar-refractivity contribution in [2.24, 2.45) is 0 Å². The summed E-state index contributed by atoms with van der Waals surface area (Å²) in [4.78, 5) is 46.4. The maximum absolute atomic E-state index is 13.8. The lowest BCUT2D eigenvalue weighted by atomic mass is 10.0. The van der Waals surface area contributed by atoms with Crippen LogP contribution in [0, 0.1) is 11.6 Å². The lowest BCUT2D eigenvalue weighted by molar-refractivity contribution is 0.0754. The third-order valence-electron chi connectivity index (χ3n) is 11.4. The molecule has 346 valence electrons.